The first-order valence-corrected chi connectivity index (χ1v) is 14.1. The molecule has 41 heavy (non-hydrogen) atoms. The summed E-state index contributed by atoms with van der Waals surface area (Å²) >= 11 is 0. The van der Waals surface area contributed by atoms with Crippen LogP contribution < -0.4 is 10.6 Å². The van der Waals surface area contributed by atoms with Crippen molar-refractivity contribution in [1.29, 1.82) is 0 Å². The van der Waals surface area contributed by atoms with Crippen LogP contribution in [-0.4, -0.2) is 61.9 Å². The lowest BCUT2D eigenvalue weighted by atomic mass is 9.77. The van der Waals surface area contributed by atoms with Gasteiger partial charge in [0.05, 0.1) is 47.8 Å². The SMILES string of the molecule is O=CNC(c1cn2ncc(C3(N4CC(C(F)(F)F)NC4=O)CCCCCCC3)nc2n1)C1CCC(C(F)(F)F)CC1. The van der Waals surface area contributed by atoms with E-state index in [1.807, 2.05) is 0 Å². The van der Waals surface area contributed by atoms with Gasteiger partial charge in [-0.3, -0.25) is 4.79 Å². The number of aromatic nitrogens is 4. The summed E-state index contributed by atoms with van der Waals surface area (Å²) < 4.78 is 81.6. The highest BCUT2D eigenvalue weighted by molar-refractivity contribution is 5.78. The molecule has 1 aliphatic heterocycles. The van der Waals surface area contributed by atoms with Crippen molar-refractivity contribution < 1.29 is 35.9 Å². The zero-order chi connectivity index (χ0) is 29.4. The quantitative estimate of drug-likeness (QED) is 0.357. The number of amides is 3. The van der Waals surface area contributed by atoms with Gasteiger partial charge in [-0.15, -0.1) is 0 Å². The average molecular weight is 590 g/mol. The van der Waals surface area contributed by atoms with Gasteiger partial charge >= 0.3 is 18.4 Å². The summed E-state index contributed by atoms with van der Waals surface area (Å²) in [5.74, 6) is -1.51. The van der Waals surface area contributed by atoms with E-state index in [0.29, 0.717) is 43.5 Å². The molecule has 2 atom stereocenters. The number of rotatable bonds is 6. The molecule has 5 rings (SSSR count). The number of carbonyl (C=O) groups is 2. The molecule has 2 aromatic rings. The summed E-state index contributed by atoms with van der Waals surface area (Å²) in [6.07, 6.45) is 0.0233. The highest BCUT2D eigenvalue weighted by Crippen LogP contribution is 2.44. The van der Waals surface area contributed by atoms with Gasteiger partial charge < -0.3 is 15.5 Å². The molecule has 2 aromatic heterocycles. The van der Waals surface area contributed by atoms with Crippen LogP contribution in [0.1, 0.15) is 88.1 Å². The lowest BCUT2D eigenvalue weighted by Gasteiger charge is -2.42. The monoisotopic (exact) mass is 589 g/mol. The fraction of sp³-hybridized carbons (Fsp3) is 0.731. The Morgan fingerprint density at radius 1 is 0.976 bits per heavy atom. The molecule has 2 saturated carbocycles. The minimum atomic E-state index is -4.60. The number of urea groups is 1. The van der Waals surface area contributed by atoms with Crippen LogP contribution in [0.4, 0.5) is 31.1 Å². The van der Waals surface area contributed by atoms with Crippen molar-refractivity contribution in [3.05, 3.63) is 23.8 Å². The number of nitrogens with one attached hydrogen (secondary N) is 2. The zero-order valence-electron chi connectivity index (χ0n) is 22.3. The molecule has 2 N–H and O–H groups in total. The summed E-state index contributed by atoms with van der Waals surface area (Å²) in [6, 6.07) is -3.45. The van der Waals surface area contributed by atoms with Crippen LogP contribution in [0.15, 0.2) is 12.4 Å². The number of alkyl halides is 6. The number of carbonyl (C=O) groups excluding carboxylic acids is 2. The van der Waals surface area contributed by atoms with Gasteiger partial charge in [0, 0.05) is 0 Å². The molecule has 15 heteroatoms. The highest BCUT2D eigenvalue weighted by atomic mass is 19.4. The van der Waals surface area contributed by atoms with E-state index in [-0.39, 0.29) is 37.4 Å². The molecule has 0 spiro atoms. The van der Waals surface area contributed by atoms with Gasteiger partial charge in [0.2, 0.25) is 6.41 Å². The fourth-order valence-electron chi connectivity index (χ4n) is 6.73. The van der Waals surface area contributed by atoms with Gasteiger partial charge in [-0.2, -0.15) is 31.4 Å². The fourth-order valence-corrected chi connectivity index (χ4v) is 6.73. The van der Waals surface area contributed by atoms with E-state index in [4.69, 9.17) is 0 Å². The van der Waals surface area contributed by atoms with Crippen molar-refractivity contribution in [2.24, 2.45) is 11.8 Å². The number of hydrogen-bond donors (Lipinski definition) is 2. The van der Waals surface area contributed by atoms with Crippen molar-refractivity contribution in [3.8, 4) is 0 Å². The molecule has 3 heterocycles. The molecule has 2 aliphatic carbocycles. The third-order valence-corrected chi connectivity index (χ3v) is 8.96. The average Bonchev–Trinajstić information content (AvgIpc) is 3.50. The summed E-state index contributed by atoms with van der Waals surface area (Å²) in [7, 11) is 0. The zero-order valence-corrected chi connectivity index (χ0v) is 22.3. The van der Waals surface area contributed by atoms with E-state index >= 15 is 0 Å². The molecule has 0 bridgehead atoms. The number of imidazole rings is 1. The predicted octanol–water partition coefficient (Wildman–Crippen LogP) is 5.18. The lowest BCUT2D eigenvalue weighted by molar-refractivity contribution is -0.184. The number of nitrogens with zero attached hydrogens (tertiary/aromatic N) is 5. The second-order valence-electron chi connectivity index (χ2n) is 11.4. The van der Waals surface area contributed by atoms with Crippen LogP contribution in [0.2, 0.25) is 0 Å². The van der Waals surface area contributed by atoms with Gasteiger partial charge in [0.15, 0.2) is 0 Å². The Bertz CT molecular complexity index is 1230. The number of fused-ring (bicyclic) bond motifs is 1. The molecule has 3 amide bonds. The molecular weight excluding hydrogens is 556 g/mol. The maximum absolute atomic E-state index is 13.6. The van der Waals surface area contributed by atoms with Gasteiger partial charge in [-0.1, -0.05) is 32.1 Å². The normalized spacial score (nSPS) is 26.7. The Balaban J connectivity index is 1.46. The Morgan fingerprint density at radius 3 is 2.22 bits per heavy atom. The Kier molecular flexibility index (Phi) is 8.07. The van der Waals surface area contributed by atoms with E-state index in [1.165, 1.54) is 15.6 Å². The van der Waals surface area contributed by atoms with Crippen molar-refractivity contribution in [2.45, 2.75) is 101 Å². The minimum Gasteiger partial charge on any atom is -0.350 e. The molecule has 1 saturated heterocycles. The molecule has 3 aliphatic rings. The Hall–Kier alpha value is -3.13. The largest absolute Gasteiger partial charge is 0.410 e. The first kappa shape index (κ1) is 29.4. The van der Waals surface area contributed by atoms with Gasteiger partial charge in [0.25, 0.3) is 5.78 Å². The van der Waals surface area contributed by atoms with Crippen LogP contribution in [0.25, 0.3) is 5.78 Å². The van der Waals surface area contributed by atoms with Gasteiger partial charge in [0.1, 0.15) is 6.04 Å². The molecular formula is C26H33F6N7O2. The first-order valence-electron chi connectivity index (χ1n) is 14.1. The van der Waals surface area contributed by atoms with Crippen LogP contribution in [0.3, 0.4) is 0 Å². The van der Waals surface area contributed by atoms with E-state index in [1.54, 1.807) is 6.20 Å². The van der Waals surface area contributed by atoms with Gasteiger partial charge in [-0.05, 0) is 44.4 Å². The summed E-state index contributed by atoms with van der Waals surface area (Å²) in [4.78, 5) is 34.8. The second-order valence-corrected chi connectivity index (χ2v) is 11.4. The first-order chi connectivity index (χ1) is 19.4. The third-order valence-electron chi connectivity index (χ3n) is 8.96. The Labute approximate surface area is 232 Å². The maximum atomic E-state index is 13.6. The maximum Gasteiger partial charge on any atom is 0.410 e. The number of hydrogen-bond acceptors (Lipinski definition) is 5. The molecule has 0 aromatic carbocycles. The smallest absolute Gasteiger partial charge is 0.350 e. The lowest BCUT2D eigenvalue weighted by Crippen LogP contribution is -2.49. The van der Waals surface area contributed by atoms with Crippen LogP contribution in [0, 0.1) is 11.8 Å². The summed E-state index contributed by atoms with van der Waals surface area (Å²) in [5, 5.41) is 9.18. The standard InChI is InChI=1S/C26H33F6N7O2/c27-25(28,29)17-8-6-16(7-9-17)21(33-15-40)18-13-39-22(35-18)36-19(12-34-39)24(10-4-2-1-3-5-11-24)38-14-20(26(30,31)32)37-23(38)41/h12-13,15-17,20-21H,1-11,14H2,(H,33,40)(H,37,41). The predicted molar refractivity (Wildman–Crippen MR) is 133 cm³/mol. The molecule has 2 unspecified atom stereocenters. The number of halogens is 6. The topological polar surface area (TPSA) is 105 Å². The van der Waals surface area contributed by atoms with E-state index in [2.05, 4.69) is 25.7 Å². The summed E-state index contributed by atoms with van der Waals surface area (Å²) in [5.41, 5.74) is -0.387. The van der Waals surface area contributed by atoms with Crippen molar-refractivity contribution in [3.63, 3.8) is 0 Å². The highest BCUT2D eigenvalue weighted by Gasteiger charge is 2.53. The summed E-state index contributed by atoms with van der Waals surface area (Å²) in [6.45, 7) is -0.541. The van der Waals surface area contributed by atoms with Crippen LogP contribution in [0.5, 0.6) is 0 Å². The minimum absolute atomic E-state index is 0.0431. The van der Waals surface area contributed by atoms with Crippen molar-refractivity contribution >= 4 is 18.2 Å². The van der Waals surface area contributed by atoms with E-state index < -0.39 is 48.5 Å². The van der Waals surface area contributed by atoms with Crippen molar-refractivity contribution in [2.75, 3.05) is 6.54 Å². The molecule has 226 valence electrons. The molecule has 3 fully saturated rings. The Morgan fingerprint density at radius 2 is 1.63 bits per heavy atom. The van der Waals surface area contributed by atoms with E-state index in [0.717, 1.165) is 19.3 Å². The second kappa shape index (κ2) is 11.3. The van der Waals surface area contributed by atoms with Crippen LogP contribution in [-0.2, 0) is 10.3 Å². The third kappa shape index (κ3) is 5.94. The van der Waals surface area contributed by atoms with Crippen LogP contribution >= 0.6 is 0 Å². The molecule has 9 nitrogen and oxygen atoms in total. The van der Waals surface area contributed by atoms with Gasteiger partial charge in [-0.25, -0.2) is 19.3 Å². The van der Waals surface area contributed by atoms with E-state index in [9.17, 15) is 35.9 Å². The van der Waals surface area contributed by atoms with Crippen molar-refractivity contribution in [1.82, 2.24) is 35.1 Å². The molecule has 0 radical (unpaired) electrons.